The van der Waals surface area contributed by atoms with Gasteiger partial charge in [-0.3, -0.25) is 4.79 Å². The molecule has 1 aromatic rings. The van der Waals surface area contributed by atoms with E-state index in [4.69, 9.17) is 4.74 Å². The summed E-state index contributed by atoms with van der Waals surface area (Å²) in [7, 11) is 0. The molecule has 0 spiro atoms. The molecule has 0 radical (unpaired) electrons. The van der Waals surface area contributed by atoms with Crippen LogP contribution in [0.3, 0.4) is 0 Å². The molecule has 31 heavy (non-hydrogen) atoms. The minimum Gasteiger partial charge on any atom is -0.493 e. The standard InChI is InChI=1S/C27H35FO3/c28-24-11-25(31-15-27-12-16-6-17(13-27)8-18(7-16)14-27)23(19-4-5-19)10-21(24)9-20-2-1-3-22(20)26(29)30/h10-11,16-20,22H,1-9,12-15H2,(H,29,30)/t16?,17?,18?,20-,22+,27?/m0/s1. The predicted octanol–water partition coefficient (Wildman–Crippen LogP) is 6.34. The Morgan fingerprint density at radius 2 is 1.71 bits per heavy atom. The molecule has 7 rings (SSSR count). The highest BCUT2D eigenvalue weighted by Gasteiger charge is 2.51. The van der Waals surface area contributed by atoms with Crippen LogP contribution in [0, 0.1) is 40.8 Å². The average Bonchev–Trinajstić information content (AvgIpc) is 3.45. The quantitative estimate of drug-likeness (QED) is 0.553. The van der Waals surface area contributed by atoms with Gasteiger partial charge in [0.25, 0.3) is 0 Å². The van der Waals surface area contributed by atoms with E-state index in [1.165, 1.54) is 44.1 Å². The molecule has 0 amide bonds. The van der Waals surface area contributed by atoms with Crippen LogP contribution in [-0.2, 0) is 11.2 Å². The summed E-state index contributed by atoms with van der Waals surface area (Å²) in [5, 5.41) is 9.50. The van der Waals surface area contributed by atoms with Crippen LogP contribution in [-0.4, -0.2) is 17.7 Å². The fourth-order valence-electron chi connectivity index (χ4n) is 8.20. The van der Waals surface area contributed by atoms with Gasteiger partial charge >= 0.3 is 5.97 Å². The van der Waals surface area contributed by atoms with Gasteiger partial charge in [-0.05, 0) is 117 Å². The largest absolute Gasteiger partial charge is 0.493 e. The van der Waals surface area contributed by atoms with Crippen LogP contribution in [0.25, 0.3) is 0 Å². The number of hydrogen-bond donors (Lipinski definition) is 1. The van der Waals surface area contributed by atoms with Gasteiger partial charge < -0.3 is 9.84 Å². The van der Waals surface area contributed by atoms with Gasteiger partial charge in [0.2, 0.25) is 0 Å². The second kappa shape index (κ2) is 7.49. The molecule has 0 unspecified atom stereocenters. The molecular formula is C27H35FO3. The molecule has 0 heterocycles. The SMILES string of the molecule is O=C(O)[C@@H]1CCC[C@H]1Cc1cc(C2CC2)c(OCC23CC4CC(CC(C4)C2)C3)cc1F. The number of aliphatic carboxylic acids is 1. The third-order valence-corrected chi connectivity index (χ3v) is 9.35. The van der Waals surface area contributed by atoms with Crippen LogP contribution in [0.4, 0.5) is 4.39 Å². The second-order valence-corrected chi connectivity index (χ2v) is 11.8. The van der Waals surface area contributed by atoms with Crippen LogP contribution < -0.4 is 4.74 Å². The minimum atomic E-state index is -0.721. The number of carboxylic acid groups (broad SMARTS) is 1. The van der Waals surface area contributed by atoms with Crippen LogP contribution in [0.5, 0.6) is 5.75 Å². The van der Waals surface area contributed by atoms with Crippen LogP contribution in [0.2, 0.25) is 0 Å². The maximum absolute atomic E-state index is 15.2. The lowest BCUT2D eigenvalue weighted by Gasteiger charge is -2.56. The van der Waals surface area contributed by atoms with Crippen molar-refractivity contribution in [2.45, 2.75) is 83.0 Å². The number of ether oxygens (including phenoxy) is 1. The molecule has 6 aliphatic rings. The normalized spacial score (nSPS) is 38.5. The Morgan fingerprint density at radius 1 is 1.03 bits per heavy atom. The van der Waals surface area contributed by atoms with Crippen molar-refractivity contribution in [1.82, 2.24) is 0 Å². The highest BCUT2D eigenvalue weighted by molar-refractivity contribution is 5.70. The van der Waals surface area contributed by atoms with E-state index in [9.17, 15) is 9.90 Å². The Bertz CT molecular complexity index is 838. The van der Waals surface area contributed by atoms with Crippen LogP contribution in [0.1, 0.15) is 87.7 Å². The summed E-state index contributed by atoms with van der Waals surface area (Å²) in [6.07, 6.45) is 13.6. The van der Waals surface area contributed by atoms with Gasteiger partial charge in [-0.15, -0.1) is 0 Å². The van der Waals surface area contributed by atoms with Gasteiger partial charge in [0.15, 0.2) is 0 Å². The molecule has 2 atom stereocenters. The first-order valence-corrected chi connectivity index (χ1v) is 12.7. The number of carboxylic acids is 1. The zero-order valence-corrected chi connectivity index (χ0v) is 18.5. The smallest absolute Gasteiger partial charge is 0.306 e. The molecule has 1 N–H and O–H groups in total. The van der Waals surface area contributed by atoms with Crippen molar-refractivity contribution in [2.75, 3.05) is 6.61 Å². The molecule has 1 aromatic carbocycles. The summed E-state index contributed by atoms with van der Waals surface area (Å²) in [5.74, 6) is 2.74. The molecule has 4 heteroatoms. The number of benzene rings is 1. The first-order chi connectivity index (χ1) is 15.0. The average molecular weight is 427 g/mol. The van der Waals surface area contributed by atoms with E-state index >= 15 is 4.39 Å². The zero-order chi connectivity index (χ0) is 21.2. The number of carbonyl (C=O) groups is 1. The lowest BCUT2D eigenvalue weighted by atomic mass is 9.50. The number of halogens is 1. The van der Waals surface area contributed by atoms with E-state index in [1.807, 2.05) is 6.07 Å². The van der Waals surface area contributed by atoms with Crippen molar-refractivity contribution in [1.29, 1.82) is 0 Å². The van der Waals surface area contributed by atoms with Crippen molar-refractivity contribution >= 4 is 5.97 Å². The third-order valence-electron chi connectivity index (χ3n) is 9.35. The Hall–Kier alpha value is -1.58. The molecule has 0 aromatic heterocycles. The Balaban J connectivity index is 1.21. The molecular weight excluding hydrogens is 391 g/mol. The van der Waals surface area contributed by atoms with E-state index in [2.05, 4.69) is 0 Å². The maximum Gasteiger partial charge on any atom is 0.306 e. The van der Waals surface area contributed by atoms with Gasteiger partial charge in [-0.2, -0.15) is 0 Å². The lowest BCUT2D eigenvalue weighted by Crippen LogP contribution is -2.48. The Kier molecular flexibility index (Phi) is 4.84. The van der Waals surface area contributed by atoms with Crippen molar-refractivity contribution < 1.29 is 19.0 Å². The zero-order valence-electron chi connectivity index (χ0n) is 18.5. The van der Waals surface area contributed by atoms with Crippen molar-refractivity contribution in [3.8, 4) is 5.75 Å². The predicted molar refractivity (Wildman–Crippen MR) is 117 cm³/mol. The molecule has 6 aliphatic carbocycles. The van der Waals surface area contributed by atoms with Crippen molar-refractivity contribution in [3.63, 3.8) is 0 Å². The van der Waals surface area contributed by atoms with Crippen LogP contribution >= 0.6 is 0 Å². The van der Waals surface area contributed by atoms with Gasteiger partial charge in [0, 0.05) is 11.5 Å². The maximum atomic E-state index is 15.2. The van der Waals surface area contributed by atoms with Crippen LogP contribution in [0.15, 0.2) is 12.1 Å². The van der Waals surface area contributed by atoms with E-state index in [-0.39, 0.29) is 17.7 Å². The summed E-state index contributed by atoms with van der Waals surface area (Å²) in [4.78, 5) is 11.6. The summed E-state index contributed by atoms with van der Waals surface area (Å²) in [6, 6.07) is 3.66. The Morgan fingerprint density at radius 3 is 2.32 bits per heavy atom. The van der Waals surface area contributed by atoms with Crippen molar-refractivity contribution in [3.05, 3.63) is 29.1 Å². The van der Waals surface area contributed by atoms with Gasteiger partial charge in [0.05, 0.1) is 12.5 Å². The monoisotopic (exact) mass is 426 g/mol. The second-order valence-electron chi connectivity index (χ2n) is 11.8. The summed E-state index contributed by atoms with van der Waals surface area (Å²) >= 11 is 0. The number of hydrogen-bond acceptors (Lipinski definition) is 2. The van der Waals surface area contributed by atoms with E-state index in [0.717, 1.165) is 62.2 Å². The lowest BCUT2D eigenvalue weighted by molar-refractivity contribution is -0.142. The topological polar surface area (TPSA) is 46.5 Å². The molecule has 6 saturated carbocycles. The van der Waals surface area contributed by atoms with Gasteiger partial charge in [-0.1, -0.05) is 6.42 Å². The molecule has 0 saturated heterocycles. The van der Waals surface area contributed by atoms with Gasteiger partial charge in [0.1, 0.15) is 11.6 Å². The fourth-order valence-corrected chi connectivity index (χ4v) is 8.20. The first kappa shape index (κ1) is 20.1. The molecule has 6 fully saturated rings. The summed E-state index contributed by atoms with van der Waals surface area (Å²) in [6.45, 7) is 0.749. The van der Waals surface area contributed by atoms with E-state index < -0.39 is 5.97 Å². The van der Waals surface area contributed by atoms with E-state index in [1.54, 1.807) is 6.07 Å². The third kappa shape index (κ3) is 3.78. The Labute approximate surface area is 184 Å². The van der Waals surface area contributed by atoms with E-state index in [0.29, 0.717) is 23.3 Å². The number of rotatable bonds is 7. The molecule has 3 nitrogen and oxygen atoms in total. The molecule has 0 aliphatic heterocycles. The van der Waals surface area contributed by atoms with Gasteiger partial charge in [-0.25, -0.2) is 4.39 Å². The summed E-state index contributed by atoms with van der Waals surface area (Å²) in [5.41, 5.74) is 2.19. The summed E-state index contributed by atoms with van der Waals surface area (Å²) < 4.78 is 21.6. The molecule has 4 bridgehead atoms. The highest BCUT2D eigenvalue weighted by Crippen LogP contribution is 2.60. The minimum absolute atomic E-state index is 0.0536. The van der Waals surface area contributed by atoms with Crippen molar-refractivity contribution in [2.24, 2.45) is 35.0 Å². The highest BCUT2D eigenvalue weighted by atomic mass is 19.1. The first-order valence-electron chi connectivity index (χ1n) is 12.7. The molecule has 168 valence electrons. The fraction of sp³-hybridized carbons (Fsp3) is 0.741.